The highest BCUT2D eigenvalue weighted by Crippen LogP contribution is 2.37. The van der Waals surface area contributed by atoms with Crippen LogP contribution in [0.15, 0.2) is 17.5 Å². The van der Waals surface area contributed by atoms with Gasteiger partial charge in [-0.15, -0.1) is 11.3 Å². The third kappa shape index (κ3) is 2.67. The van der Waals surface area contributed by atoms with Crippen molar-refractivity contribution in [1.82, 2.24) is 9.80 Å². The first-order valence-corrected chi connectivity index (χ1v) is 9.22. The third-order valence-corrected chi connectivity index (χ3v) is 6.12. The summed E-state index contributed by atoms with van der Waals surface area (Å²) >= 11 is 1.73. The van der Waals surface area contributed by atoms with Gasteiger partial charge in [0.05, 0.1) is 12.0 Å². The molecule has 2 aliphatic heterocycles. The summed E-state index contributed by atoms with van der Waals surface area (Å²) in [6, 6.07) is 4.41. The van der Waals surface area contributed by atoms with Gasteiger partial charge in [0, 0.05) is 30.9 Å². The molecule has 4 rings (SSSR count). The number of nitrogens with zero attached hydrogens (tertiary/aromatic N) is 2. The van der Waals surface area contributed by atoms with Crippen LogP contribution in [0, 0.1) is 11.8 Å². The normalized spacial score (nSPS) is 28.6. The largest absolute Gasteiger partial charge is 0.342 e. The van der Waals surface area contributed by atoms with Crippen LogP contribution >= 0.6 is 11.3 Å². The number of amides is 2. The van der Waals surface area contributed by atoms with Crippen LogP contribution in [0.5, 0.6) is 0 Å². The van der Waals surface area contributed by atoms with Crippen molar-refractivity contribution < 1.29 is 9.59 Å². The van der Waals surface area contributed by atoms with Crippen LogP contribution in [-0.2, 0) is 9.59 Å². The first-order chi connectivity index (χ1) is 10.7. The maximum Gasteiger partial charge on any atom is 0.228 e. The second kappa shape index (κ2) is 5.69. The van der Waals surface area contributed by atoms with E-state index in [-0.39, 0.29) is 23.8 Å². The molecule has 22 heavy (non-hydrogen) atoms. The maximum atomic E-state index is 12.9. The number of hydrogen-bond donors (Lipinski definition) is 0. The van der Waals surface area contributed by atoms with Crippen LogP contribution in [-0.4, -0.2) is 41.2 Å². The number of carbonyl (C=O) groups excluding carboxylic acids is 2. The lowest BCUT2D eigenvalue weighted by Crippen LogP contribution is -2.37. The lowest BCUT2D eigenvalue weighted by atomic mass is 10.1. The Bertz CT molecular complexity index is 567. The fourth-order valence-electron chi connectivity index (χ4n) is 3.77. The van der Waals surface area contributed by atoms with Crippen LogP contribution in [0.2, 0.25) is 0 Å². The van der Waals surface area contributed by atoms with E-state index >= 15 is 0 Å². The predicted molar refractivity (Wildman–Crippen MR) is 85.4 cm³/mol. The summed E-state index contributed by atoms with van der Waals surface area (Å²) in [6.45, 7) is 2.35. The Balaban J connectivity index is 1.43. The standard InChI is InChI=1S/C17H22N2O2S/c20-16-9-13(11-18(16)10-12-5-6-12)17(21)19-7-1-3-14(19)15-4-2-8-22-15/h2,4,8,12-14H,1,3,5-7,9-11H2/t13-,14+/m1/s1. The molecule has 1 aliphatic carbocycles. The molecule has 0 bridgehead atoms. The minimum Gasteiger partial charge on any atom is -0.342 e. The van der Waals surface area contributed by atoms with Crippen molar-refractivity contribution in [2.45, 2.75) is 38.1 Å². The minimum absolute atomic E-state index is 0.119. The molecule has 2 atom stereocenters. The van der Waals surface area contributed by atoms with E-state index in [1.807, 2.05) is 9.80 Å². The summed E-state index contributed by atoms with van der Waals surface area (Å²) in [5.41, 5.74) is 0. The Labute approximate surface area is 135 Å². The van der Waals surface area contributed by atoms with Gasteiger partial charge in [0.25, 0.3) is 0 Å². The van der Waals surface area contributed by atoms with E-state index in [4.69, 9.17) is 0 Å². The van der Waals surface area contributed by atoms with Crippen molar-refractivity contribution in [3.8, 4) is 0 Å². The number of hydrogen-bond acceptors (Lipinski definition) is 3. The van der Waals surface area contributed by atoms with Gasteiger partial charge < -0.3 is 9.80 Å². The second-order valence-corrected chi connectivity index (χ2v) is 7.83. The fraction of sp³-hybridized carbons (Fsp3) is 0.647. The van der Waals surface area contributed by atoms with Gasteiger partial charge in [-0.05, 0) is 43.0 Å². The van der Waals surface area contributed by atoms with Crippen molar-refractivity contribution in [2.24, 2.45) is 11.8 Å². The van der Waals surface area contributed by atoms with Crippen LogP contribution in [0.4, 0.5) is 0 Å². The quantitative estimate of drug-likeness (QED) is 0.856. The maximum absolute atomic E-state index is 12.9. The Hall–Kier alpha value is -1.36. The summed E-state index contributed by atoms with van der Waals surface area (Å²) in [7, 11) is 0. The summed E-state index contributed by atoms with van der Waals surface area (Å²) in [4.78, 5) is 30.3. The van der Waals surface area contributed by atoms with Crippen LogP contribution in [0.3, 0.4) is 0 Å². The average Bonchev–Trinajstić information content (AvgIpc) is 2.96. The minimum atomic E-state index is -0.119. The van der Waals surface area contributed by atoms with E-state index in [2.05, 4.69) is 17.5 Å². The first-order valence-electron chi connectivity index (χ1n) is 8.34. The zero-order valence-electron chi connectivity index (χ0n) is 12.7. The highest BCUT2D eigenvalue weighted by atomic mass is 32.1. The zero-order chi connectivity index (χ0) is 15.1. The van der Waals surface area contributed by atoms with Crippen molar-refractivity contribution in [2.75, 3.05) is 19.6 Å². The Morgan fingerprint density at radius 3 is 2.91 bits per heavy atom. The van der Waals surface area contributed by atoms with E-state index in [1.54, 1.807) is 11.3 Å². The molecule has 118 valence electrons. The van der Waals surface area contributed by atoms with Gasteiger partial charge in [-0.1, -0.05) is 6.07 Å². The van der Waals surface area contributed by atoms with Crippen molar-refractivity contribution >= 4 is 23.2 Å². The Morgan fingerprint density at radius 1 is 1.32 bits per heavy atom. The van der Waals surface area contributed by atoms with Gasteiger partial charge in [-0.25, -0.2) is 0 Å². The molecule has 3 fully saturated rings. The van der Waals surface area contributed by atoms with Crippen LogP contribution < -0.4 is 0 Å². The Morgan fingerprint density at radius 2 is 2.18 bits per heavy atom. The molecule has 1 aromatic rings. The molecule has 0 unspecified atom stereocenters. The van der Waals surface area contributed by atoms with E-state index in [1.165, 1.54) is 17.7 Å². The molecule has 4 nitrogen and oxygen atoms in total. The SMILES string of the molecule is O=C1C[C@@H](C(=O)N2CCC[C@H]2c2cccs2)CN1CC1CC1. The molecule has 0 N–H and O–H groups in total. The molecule has 3 heterocycles. The van der Waals surface area contributed by atoms with E-state index in [9.17, 15) is 9.59 Å². The van der Waals surface area contributed by atoms with Gasteiger partial charge in [0.1, 0.15) is 0 Å². The number of thiophene rings is 1. The number of likely N-dealkylation sites (tertiary alicyclic amines) is 2. The summed E-state index contributed by atoms with van der Waals surface area (Å²) < 4.78 is 0. The van der Waals surface area contributed by atoms with Crippen LogP contribution in [0.1, 0.15) is 43.0 Å². The van der Waals surface area contributed by atoms with Crippen molar-refractivity contribution in [1.29, 1.82) is 0 Å². The first kappa shape index (κ1) is 14.2. The van der Waals surface area contributed by atoms with Gasteiger partial charge in [0.15, 0.2) is 0 Å². The van der Waals surface area contributed by atoms with Gasteiger partial charge in [-0.2, -0.15) is 0 Å². The topological polar surface area (TPSA) is 40.6 Å². The molecular formula is C17H22N2O2S. The van der Waals surface area contributed by atoms with Gasteiger partial charge in [0.2, 0.25) is 11.8 Å². The van der Waals surface area contributed by atoms with E-state index < -0.39 is 0 Å². The summed E-state index contributed by atoms with van der Waals surface area (Å²) in [5.74, 6) is 0.954. The van der Waals surface area contributed by atoms with Gasteiger partial charge >= 0.3 is 0 Å². The molecule has 0 spiro atoms. The lowest BCUT2D eigenvalue weighted by Gasteiger charge is -2.26. The molecule has 2 saturated heterocycles. The summed E-state index contributed by atoms with van der Waals surface area (Å²) in [6.07, 6.45) is 5.03. The highest BCUT2D eigenvalue weighted by Gasteiger charge is 2.41. The highest BCUT2D eigenvalue weighted by molar-refractivity contribution is 7.10. The predicted octanol–water partition coefficient (Wildman–Crippen LogP) is 2.67. The molecule has 2 amide bonds. The zero-order valence-corrected chi connectivity index (χ0v) is 13.6. The summed E-state index contributed by atoms with van der Waals surface area (Å²) in [5, 5.41) is 2.08. The smallest absolute Gasteiger partial charge is 0.228 e. The van der Waals surface area contributed by atoms with Gasteiger partial charge in [-0.3, -0.25) is 9.59 Å². The molecule has 0 radical (unpaired) electrons. The molecule has 1 saturated carbocycles. The van der Waals surface area contributed by atoms with Crippen molar-refractivity contribution in [3.05, 3.63) is 22.4 Å². The number of rotatable bonds is 4. The average molecular weight is 318 g/mol. The van der Waals surface area contributed by atoms with Crippen LogP contribution in [0.25, 0.3) is 0 Å². The van der Waals surface area contributed by atoms with E-state index in [0.717, 1.165) is 25.9 Å². The molecule has 0 aromatic carbocycles. The molecule has 3 aliphatic rings. The molecule has 5 heteroatoms. The van der Waals surface area contributed by atoms with Crippen molar-refractivity contribution in [3.63, 3.8) is 0 Å². The lowest BCUT2D eigenvalue weighted by molar-refractivity contribution is -0.136. The third-order valence-electron chi connectivity index (χ3n) is 5.15. The van der Waals surface area contributed by atoms with E-state index in [0.29, 0.717) is 18.9 Å². The fourth-order valence-corrected chi connectivity index (χ4v) is 4.64. The second-order valence-electron chi connectivity index (χ2n) is 6.85. The molecular weight excluding hydrogens is 296 g/mol. The number of carbonyl (C=O) groups is 2. The monoisotopic (exact) mass is 318 g/mol. The molecule has 1 aromatic heterocycles. The Kier molecular flexibility index (Phi) is 3.68.